The Bertz CT molecular complexity index is 888. The van der Waals surface area contributed by atoms with E-state index in [4.69, 9.17) is 16.3 Å². The maximum Gasteiger partial charge on any atom is 0.276 e. The highest BCUT2D eigenvalue weighted by molar-refractivity contribution is 6.31. The average Bonchev–Trinajstić information content (AvgIpc) is 2.68. The molecule has 7 nitrogen and oxygen atoms in total. The van der Waals surface area contributed by atoms with Crippen LogP contribution in [0, 0.1) is 0 Å². The zero-order valence-electron chi connectivity index (χ0n) is 13.9. The fraction of sp³-hybridized carbons (Fsp3) is 0.111. The van der Waals surface area contributed by atoms with Crippen molar-refractivity contribution in [2.45, 2.75) is 6.54 Å². The maximum absolute atomic E-state index is 12.3. The Morgan fingerprint density at radius 3 is 2.73 bits per heavy atom. The average molecular weight is 370 g/mol. The van der Waals surface area contributed by atoms with Crippen LogP contribution < -0.4 is 15.4 Å². The van der Waals surface area contributed by atoms with Crippen LogP contribution in [0.4, 0.5) is 11.5 Å². The van der Waals surface area contributed by atoms with Crippen molar-refractivity contribution in [1.82, 2.24) is 15.2 Å². The molecule has 0 aliphatic heterocycles. The third kappa shape index (κ3) is 4.46. The molecule has 1 aromatic carbocycles. The van der Waals surface area contributed by atoms with Crippen LogP contribution in [-0.2, 0) is 6.54 Å². The zero-order valence-corrected chi connectivity index (χ0v) is 14.7. The molecule has 0 saturated carbocycles. The first-order valence-electron chi connectivity index (χ1n) is 7.78. The van der Waals surface area contributed by atoms with E-state index in [-0.39, 0.29) is 5.69 Å². The number of carbonyl (C=O) groups is 1. The van der Waals surface area contributed by atoms with E-state index in [1.165, 1.54) is 7.11 Å². The Labute approximate surface area is 155 Å². The summed E-state index contributed by atoms with van der Waals surface area (Å²) in [6, 6.07) is 13.9. The topological polar surface area (TPSA) is 89.0 Å². The number of anilines is 2. The lowest BCUT2D eigenvalue weighted by Crippen LogP contribution is -2.15. The van der Waals surface area contributed by atoms with Crippen molar-refractivity contribution < 1.29 is 9.53 Å². The summed E-state index contributed by atoms with van der Waals surface area (Å²) in [4.78, 5) is 16.6. The van der Waals surface area contributed by atoms with Crippen LogP contribution in [0.5, 0.6) is 5.75 Å². The Morgan fingerprint density at radius 1 is 1.15 bits per heavy atom. The van der Waals surface area contributed by atoms with Crippen LogP contribution in [0.1, 0.15) is 16.2 Å². The smallest absolute Gasteiger partial charge is 0.276 e. The largest absolute Gasteiger partial charge is 0.495 e. The molecule has 0 atom stereocenters. The molecule has 2 aromatic heterocycles. The van der Waals surface area contributed by atoms with E-state index in [1.54, 1.807) is 36.5 Å². The molecule has 2 N–H and O–H groups in total. The molecule has 26 heavy (non-hydrogen) atoms. The standard InChI is InChI=1S/C18H16ClN5O2/c1-26-16-7-5-12(19)10-15(16)22-18(25)14-6-8-17(24-23-14)21-11-13-4-2-3-9-20-13/h2-10H,11H2,1H3,(H,21,24)(H,22,25). The highest BCUT2D eigenvalue weighted by Gasteiger charge is 2.12. The van der Waals surface area contributed by atoms with Crippen molar-refractivity contribution in [2.75, 3.05) is 17.7 Å². The van der Waals surface area contributed by atoms with Gasteiger partial charge in [0, 0.05) is 11.2 Å². The van der Waals surface area contributed by atoms with Crippen molar-refractivity contribution in [3.05, 3.63) is 71.1 Å². The molecular formula is C18H16ClN5O2. The van der Waals surface area contributed by atoms with Crippen LogP contribution in [-0.4, -0.2) is 28.2 Å². The van der Waals surface area contributed by atoms with E-state index >= 15 is 0 Å². The monoisotopic (exact) mass is 369 g/mol. The summed E-state index contributed by atoms with van der Waals surface area (Å²) in [5.41, 5.74) is 1.52. The fourth-order valence-corrected chi connectivity index (χ4v) is 2.37. The molecule has 0 bridgehead atoms. The van der Waals surface area contributed by atoms with Crippen LogP contribution in [0.15, 0.2) is 54.7 Å². The number of aromatic nitrogens is 3. The highest BCUT2D eigenvalue weighted by atomic mass is 35.5. The molecule has 132 valence electrons. The van der Waals surface area contributed by atoms with Crippen molar-refractivity contribution in [1.29, 1.82) is 0 Å². The molecule has 2 heterocycles. The van der Waals surface area contributed by atoms with Crippen LogP contribution in [0.2, 0.25) is 5.02 Å². The number of halogens is 1. The second kappa shape index (κ2) is 8.26. The van der Waals surface area contributed by atoms with Crippen LogP contribution in [0.3, 0.4) is 0 Å². The number of pyridine rings is 1. The number of hydrogen-bond donors (Lipinski definition) is 2. The van der Waals surface area contributed by atoms with E-state index < -0.39 is 5.91 Å². The number of nitrogens with one attached hydrogen (secondary N) is 2. The first-order valence-corrected chi connectivity index (χ1v) is 8.16. The Kier molecular flexibility index (Phi) is 5.60. The van der Waals surface area contributed by atoms with Gasteiger partial charge in [-0.25, -0.2) is 0 Å². The number of ether oxygens (including phenoxy) is 1. The Morgan fingerprint density at radius 2 is 2.04 bits per heavy atom. The summed E-state index contributed by atoms with van der Waals surface area (Å²) in [7, 11) is 1.51. The number of amides is 1. The van der Waals surface area contributed by atoms with Gasteiger partial charge in [-0.15, -0.1) is 10.2 Å². The molecule has 0 aliphatic rings. The summed E-state index contributed by atoms with van der Waals surface area (Å²) >= 11 is 5.96. The van der Waals surface area contributed by atoms with Gasteiger partial charge in [0.2, 0.25) is 0 Å². The van der Waals surface area contributed by atoms with Gasteiger partial charge in [0.1, 0.15) is 11.6 Å². The molecule has 0 spiro atoms. The summed E-state index contributed by atoms with van der Waals surface area (Å²) in [5.74, 6) is 0.645. The van der Waals surface area contributed by atoms with Crippen molar-refractivity contribution >= 4 is 29.0 Å². The van der Waals surface area contributed by atoms with Gasteiger partial charge in [-0.1, -0.05) is 17.7 Å². The molecule has 0 saturated heterocycles. The van der Waals surface area contributed by atoms with Crippen molar-refractivity contribution in [3.63, 3.8) is 0 Å². The van der Waals surface area contributed by atoms with Gasteiger partial charge in [-0.05, 0) is 42.5 Å². The van der Waals surface area contributed by atoms with Gasteiger partial charge in [0.15, 0.2) is 5.69 Å². The minimum absolute atomic E-state index is 0.176. The molecule has 3 aromatic rings. The van der Waals surface area contributed by atoms with Gasteiger partial charge in [-0.2, -0.15) is 0 Å². The van der Waals surface area contributed by atoms with Gasteiger partial charge in [0.05, 0.1) is 25.0 Å². The number of hydrogen-bond acceptors (Lipinski definition) is 6. The number of benzene rings is 1. The fourth-order valence-electron chi connectivity index (χ4n) is 2.20. The van der Waals surface area contributed by atoms with Crippen molar-refractivity contribution in [3.8, 4) is 5.75 Å². The lowest BCUT2D eigenvalue weighted by Gasteiger charge is -2.10. The lowest BCUT2D eigenvalue weighted by atomic mass is 10.2. The molecule has 8 heteroatoms. The number of nitrogens with zero attached hydrogens (tertiary/aromatic N) is 3. The molecule has 0 aliphatic carbocycles. The van der Waals surface area contributed by atoms with Gasteiger partial charge in [0.25, 0.3) is 5.91 Å². The van der Waals surface area contributed by atoms with Crippen molar-refractivity contribution in [2.24, 2.45) is 0 Å². The Hall–Kier alpha value is -3.19. The summed E-state index contributed by atoms with van der Waals surface area (Å²) in [5, 5.41) is 14.3. The maximum atomic E-state index is 12.3. The molecule has 3 rings (SSSR count). The molecule has 1 amide bonds. The third-order valence-corrected chi connectivity index (χ3v) is 3.72. The molecule has 0 radical (unpaired) electrons. The quantitative estimate of drug-likeness (QED) is 0.692. The normalized spacial score (nSPS) is 10.2. The van der Waals surface area contributed by atoms with Crippen LogP contribution >= 0.6 is 11.6 Å². The van der Waals surface area contributed by atoms with Crippen LogP contribution in [0.25, 0.3) is 0 Å². The van der Waals surface area contributed by atoms with E-state index in [0.29, 0.717) is 28.8 Å². The highest BCUT2D eigenvalue weighted by Crippen LogP contribution is 2.27. The SMILES string of the molecule is COc1ccc(Cl)cc1NC(=O)c1ccc(NCc2ccccn2)nn1. The number of rotatable bonds is 6. The third-order valence-electron chi connectivity index (χ3n) is 3.48. The number of methoxy groups -OCH3 is 1. The summed E-state index contributed by atoms with van der Waals surface area (Å²) in [6.07, 6.45) is 1.72. The molecular weight excluding hydrogens is 354 g/mol. The van der Waals surface area contributed by atoms with Gasteiger partial charge in [-0.3, -0.25) is 9.78 Å². The first-order chi connectivity index (χ1) is 12.7. The molecule has 0 fully saturated rings. The minimum Gasteiger partial charge on any atom is -0.495 e. The van der Waals surface area contributed by atoms with Gasteiger partial charge < -0.3 is 15.4 Å². The number of carbonyl (C=O) groups excluding carboxylic acids is 1. The van der Waals surface area contributed by atoms with E-state index in [0.717, 1.165) is 5.69 Å². The summed E-state index contributed by atoms with van der Waals surface area (Å²) < 4.78 is 5.20. The second-order valence-electron chi connectivity index (χ2n) is 5.28. The predicted octanol–water partition coefficient (Wildman–Crippen LogP) is 3.40. The minimum atomic E-state index is -0.408. The van der Waals surface area contributed by atoms with E-state index in [9.17, 15) is 4.79 Å². The second-order valence-corrected chi connectivity index (χ2v) is 5.71. The van der Waals surface area contributed by atoms with Gasteiger partial charge >= 0.3 is 0 Å². The summed E-state index contributed by atoms with van der Waals surface area (Å²) in [6.45, 7) is 0.515. The zero-order chi connectivity index (χ0) is 18.4. The van der Waals surface area contributed by atoms with E-state index in [1.807, 2.05) is 18.2 Å². The Balaban J connectivity index is 1.64. The molecule has 0 unspecified atom stereocenters. The van der Waals surface area contributed by atoms with E-state index in [2.05, 4.69) is 25.8 Å². The first kappa shape index (κ1) is 17.6. The predicted molar refractivity (Wildman–Crippen MR) is 99.6 cm³/mol. The lowest BCUT2D eigenvalue weighted by molar-refractivity contribution is 0.102.